The monoisotopic (exact) mass is 312 g/mol. The maximum atomic E-state index is 9.18. The highest BCUT2D eigenvalue weighted by atomic mass is 79.9. The van der Waals surface area contributed by atoms with Crippen LogP contribution in [0.3, 0.4) is 0 Å². The molecule has 96 valence electrons. The lowest BCUT2D eigenvalue weighted by Crippen LogP contribution is -2.37. The third-order valence-electron chi connectivity index (χ3n) is 2.96. The Labute approximate surface area is 112 Å². The molecular formula is C11H13BrN4O2. The van der Waals surface area contributed by atoms with Gasteiger partial charge in [-0.05, 0) is 28.1 Å². The molecule has 7 heteroatoms. The van der Waals surface area contributed by atoms with Gasteiger partial charge in [0, 0.05) is 13.1 Å². The van der Waals surface area contributed by atoms with Crippen LogP contribution in [-0.4, -0.2) is 46.0 Å². The Balaban J connectivity index is 2.01. The van der Waals surface area contributed by atoms with Crippen molar-refractivity contribution in [3.05, 3.63) is 22.4 Å². The van der Waals surface area contributed by atoms with E-state index in [1.54, 1.807) is 4.52 Å². The number of nitrogens with zero attached hydrogens (tertiary/aromatic N) is 4. The van der Waals surface area contributed by atoms with E-state index in [2.05, 4.69) is 30.9 Å². The number of aliphatic hydroxyl groups is 1. The number of morpholine rings is 1. The van der Waals surface area contributed by atoms with Crippen molar-refractivity contribution in [2.45, 2.75) is 6.61 Å². The summed E-state index contributed by atoms with van der Waals surface area (Å²) < 4.78 is 7.73. The Morgan fingerprint density at radius 2 is 2.11 bits per heavy atom. The average Bonchev–Trinajstić information content (AvgIpc) is 2.76. The fourth-order valence-electron chi connectivity index (χ4n) is 2.00. The van der Waals surface area contributed by atoms with Crippen LogP contribution in [0.4, 0.5) is 5.82 Å². The van der Waals surface area contributed by atoms with E-state index in [-0.39, 0.29) is 6.61 Å². The molecule has 3 rings (SSSR count). The molecule has 0 radical (unpaired) electrons. The van der Waals surface area contributed by atoms with Crippen LogP contribution in [0.25, 0.3) is 5.65 Å². The summed E-state index contributed by atoms with van der Waals surface area (Å²) in [5.74, 6) is 0.897. The number of anilines is 1. The number of hydrogen-bond acceptors (Lipinski definition) is 5. The maximum Gasteiger partial charge on any atom is 0.155 e. The molecule has 0 aromatic carbocycles. The van der Waals surface area contributed by atoms with Gasteiger partial charge < -0.3 is 14.7 Å². The standard InChI is InChI=1S/C11H13BrN4O2/c12-11-8(7-17)13-9-1-2-10(14-16(9)11)15-3-5-18-6-4-15/h1-2,17H,3-7H2. The largest absolute Gasteiger partial charge is 0.390 e. The zero-order valence-corrected chi connectivity index (χ0v) is 11.3. The fraction of sp³-hybridized carbons (Fsp3) is 0.455. The lowest BCUT2D eigenvalue weighted by molar-refractivity contribution is 0.122. The van der Waals surface area contributed by atoms with Crippen LogP contribution in [0.1, 0.15) is 5.69 Å². The number of imidazole rings is 1. The SMILES string of the molecule is OCc1nc2ccc(N3CCOCC3)nn2c1Br. The number of aromatic nitrogens is 3. The molecule has 2 aromatic heterocycles. The summed E-state index contributed by atoms with van der Waals surface area (Å²) in [7, 11) is 0. The Kier molecular flexibility index (Phi) is 3.19. The van der Waals surface area contributed by atoms with Gasteiger partial charge >= 0.3 is 0 Å². The van der Waals surface area contributed by atoms with Gasteiger partial charge in [-0.25, -0.2) is 9.50 Å². The van der Waals surface area contributed by atoms with Crippen molar-refractivity contribution in [1.82, 2.24) is 14.6 Å². The quantitative estimate of drug-likeness (QED) is 0.889. The molecule has 0 bridgehead atoms. The minimum Gasteiger partial charge on any atom is -0.390 e. The van der Waals surface area contributed by atoms with Gasteiger partial charge in [-0.2, -0.15) is 0 Å². The van der Waals surface area contributed by atoms with Crippen LogP contribution in [0, 0.1) is 0 Å². The van der Waals surface area contributed by atoms with Gasteiger partial charge in [0.1, 0.15) is 16.1 Å². The molecule has 1 fully saturated rings. The topological polar surface area (TPSA) is 62.9 Å². The molecule has 0 unspecified atom stereocenters. The van der Waals surface area contributed by atoms with Crippen molar-refractivity contribution in [1.29, 1.82) is 0 Å². The number of hydrogen-bond donors (Lipinski definition) is 1. The molecular weight excluding hydrogens is 300 g/mol. The highest BCUT2D eigenvalue weighted by Gasteiger charge is 2.15. The van der Waals surface area contributed by atoms with Crippen molar-refractivity contribution >= 4 is 27.4 Å². The predicted octanol–water partition coefficient (Wildman–Crippen LogP) is 0.821. The third kappa shape index (κ3) is 1.98. The number of rotatable bonds is 2. The van der Waals surface area contributed by atoms with Crippen LogP contribution >= 0.6 is 15.9 Å². The van der Waals surface area contributed by atoms with E-state index >= 15 is 0 Å². The molecule has 0 saturated carbocycles. The van der Waals surface area contributed by atoms with Gasteiger partial charge in [0.15, 0.2) is 5.65 Å². The molecule has 0 amide bonds. The second-order valence-electron chi connectivity index (χ2n) is 4.07. The fourth-order valence-corrected chi connectivity index (χ4v) is 2.48. The van der Waals surface area contributed by atoms with E-state index in [0.717, 1.165) is 37.8 Å². The summed E-state index contributed by atoms with van der Waals surface area (Å²) in [6.45, 7) is 3.05. The van der Waals surface area contributed by atoms with Gasteiger partial charge in [0.05, 0.1) is 19.8 Å². The molecule has 0 aliphatic carbocycles. The first-order valence-corrected chi connectivity index (χ1v) is 6.56. The van der Waals surface area contributed by atoms with Crippen LogP contribution < -0.4 is 4.90 Å². The van der Waals surface area contributed by atoms with Gasteiger partial charge in [-0.3, -0.25) is 0 Å². The van der Waals surface area contributed by atoms with E-state index in [0.29, 0.717) is 10.3 Å². The number of ether oxygens (including phenoxy) is 1. The third-order valence-corrected chi connectivity index (χ3v) is 3.75. The highest BCUT2D eigenvalue weighted by molar-refractivity contribution is 9.10. The molecule has 0 atom stereocenters. The number of fused-ring (bicyclic) bond motifs is 1. The number of halogens is 1. The zero-order chi connectivity index (χ0) is 12.5. The van der Waals surface area contributed by atoms with E-state index < -0.39 is 0 Å². The van der Waals surface area contributed by atoms with Crippen LogP contribution in [0.2, 0.25) is 0 Å². The van der Waals surface area contributed by atoms with Crippen molar-refractivity contribution in [2.24, 2.45) is 0 Å². The summed E-state index contributed by atoms with van der Waals surface area (Å²) in [5, 5.41) is 13.7. The average molecular weight is 313 g/mol. The molecule has 1 N–H and O–H groups in total. The van der Waals surface area contributed by atoms with Crippen molar-refractivity contribution in [2.75, 3.05) is 31.2 Å². The Morgan fingerprint density at radius 1 is 1.33 bits per heavy atom. The summed E-state index contributed by atoms with van der Waals surface area (Å²) in [4.78, 5) is 6.45. The van der Waals surface area contributed by atoms with Crippen LogP contribution in [0.5, 0.6) is 0 Å². The lowest BCUT2D eigenvalue weighted by Gasteiger charge is -2.27. The van der Waals surface area contributed by atoms with Gasteiger partial charge in [-0.1, -0.05) is 0 Å². The minimum absolute atomic E-state index is 0.100. The number of aliphatic hydroxyl groups excluding tert-OH is 1. The van der Waals surface area contributed by atoms with Crippen LogP contribution in [-0.2, 0) is 11.3 Å². The lowest BCUT2D eigenvalue weighted by atomic mass is 10.4. The normalized spacial score (nSPS) is 16.4. The molecule has 18 heavy (non-hydrogen) atoms. The first-order chi connectivity index (χ1) is 8.79. The molecule has 2 aromatic rings. The summed E-state index contributed by atoms with van der Waals surface area (Å²) in [6.07, 6.45) is 0. The smallest absolute Gasteiger partial charge is 0.155 e. The van der Waals surface area contributed by atoms with Gasteiger partial charge in [0.25, 0.3) is 0 Å². The van der Waals surface area contributed by atoms with Crippen LogP contribution in [0.15, 0.2) is 16.7 Å². The second kappa shape index (κ2) is 4.83. The Morgan fingerprint density at radius 3 is 2.83 bits per heavy atom. The summed E-state index contributed by atoms with van der Waals surface area (Å²) >= 11 is 3.40. The molecule has 6 nitrogen and oxygen atoms in total. The molecule has 0 spiro atoms. The first-order valence-electron chi connectivity index (χ1n) is 5.77. The summed E-state index contributed by atoms with van der Waals surface area (Å²) in [5.41, 5.74) is 1.32. The predicted molar refractivity (Wildman–Crippen MR) is 69.6 cm³/mol. The molecule has 1 aliphatic heterocycles. The van der Waals surface area contributed by atoms with Crippen molar-refractivity contribution in [3.63, 3.8) is 0 Å². The minimum atomic E-state index is -0.100. The van der Waals surface area contributed by atoms with Gasteiger partial charge in [0.2, 0.25) is 0 Å². The molecule has 1 saturated heterocycles. The van der Waals surface area contributed by atoms with Crippen molar-refractivity contribution < 1.29 is 9.84 Å². The van der Waals surface area contributed by atoms with E-state index in [1.165, 1.54) is 0 Å². The molecule has 3 heterocycles. The summed E-state index contributed by atoms with van der Waals surface area (Å²) in [6, 6.07) is 3.85. The Bertz CT molecular complexity index is 565. The maximum absolute atomic E-state index is 9.18. The van der Waals surface area contributed by atoms with E-state index in [4.69, 9.17) is 4.74 Å². The van der Waals surface area contributed by atoms with Crippen molar-refractivity contribution in [3.8, 4) is 0 Å². The second-order valence-corrected chi connectivity index (χ2v) is 4.82. The van der Waals surface area contributed by atoms with E-state index in [9.17, 15) is 5.11 Å². The Hall–Kier alpha value is -1.18. The highest BCUT2D eigenvalue weighted by Crippen LogP contribution is 2.20. The van der Waals surface area contributed by atoms with Gasteiger partial charge in [-0.15, -0.1) is 5.10 Å². The first kappa shape index (κ1) is 11.9. The zero-order valence-electron chi connectivity index (χ0n) is 9.71. The van der Waals surface area contributed by atoms with E-state index in [1.807, 2.05) is 12.1 Å². The molecule has 1 aliphatic rings.